The van der Waals surface area contributed by atoms with Gasteiger partial charge in [0.15, 0.2) is 3.95 Å². The van der Waals surface area contributed by atoms with Gasteiger partial charge in [0.25, 0.3) is 0 Å². The number of nitrogen functional groups attached to an aromatic ring is 1. The third-order valence-corrected chi connectivity index (χ3v) is 5.81. The molecule has 0 fully saturated rings. The Morgan fingerprint density at radius 2 is 2.14 bits per heavy atom. The number of benzene rings is 1. The van der Waals surface area contributed by atoms with Gasteiger partial charge in [-0.15, -0.1) is 11.3 Å². The Kier molecular flexibility index (Phi) is 4.34. The number of rotatable bonds is 5. The van der Waals surface area contributed by atoms with E-state index in [2.05, 4.69) is 11.1 Å². The topological polar surface area (TPSA) is 53.1 Å². The van der Waals surface area contributed by atoms with Crippen LogP contribution < -0.4 is 5.73 Å². The number of anilines is 1. The van der Waals surface area contributed by atoms with Gasteiger partial charge in [0.2, 0.25) is 0 Å². The van der Waals surface area contributed by atoms with E-state index in [4.69, 9.17) is 22.7 Å². The fourth-order valence-electron chi connectivity index (χ4n) is 2.12. The molecule has 1 aromatic carbocycles. The zero-order valence-corrected chi connectivity index (χ0v) is 14.0. The highest BCUT2D eigenvalue weighted by atomic mass is 32.1. The van der Waals surface area contributed by atoms with Crippen molar-refractivity contribution in [1.82, 2.24) is 9.55 Å². The average Bonchev–Trinajstić information content (AvgIpc) is 3.02. The summed E-state index contributed by atoms with van der Waals surface area (Å²) in [5.74, 6) is 0.708. The van der Waals surface area contributed by atoms with Crippen molar-refractivity contribution in [2.75, 3.05) is 19.5 Å². The highest BCUT2D eigenvalue weighted by molar-refractivity contribution is 7.73. The van der Waals surface area contributed by atoms with E-state index in [0.717, 1.165) is 37.0 Å². The molecule has 0 aliphatic heterocycles. The summed E-state index contributed by atoms with van der Waals surface area (Å²) < 4.78 is 9.01. The van der Waals surface area contributed by atoms with Gasteiger partial charge in [-0.3, -0.25) is 0 Å². The van der Waals surface area contributed by atoms with Crippen molar-refractivity contribution >= 4 is 50.9 Å². The van der Waals surface area contributed by atoms with Crippen LogP contribution in [-0.2, 0) is 11.3 Å². The lowest BCUT2D eigenvalue weighted by molar-refractivity contribution is 0.190. The second-order valence-electron chi connectivity index (χ2n) is 4.57. The summed E-state index contributed by atoms with van der Waals surface area (Å²) in [6, 6.07) is 8.10. The first kappa shape index (κ1) is 14.6. The Labute approximate surface area is 135 Å². The van der Waals surface area contributed by atoms with Crippen molar-refractivity contribution in [3.8, 4) is 9.88 Å². The molecule has 0 radical (unpaired) electrons. The van der Waals surface area contributed by atoms with Gasteiger partial charge in [0.1, 0.15) is 15.7 Å². The highest BCUT2D eigenvalue weighted by Crippen LogP contribution is 2.37. The lowest BCUT2D eigenvalue weighted by Crippen LogP contribution is -2.05. The molecule has 0 saturated heterocycles. The normalized spacial score (nSPS) is 11.3. The largest absolute Gasteiger partial charge is 0.385 e. The second-order valence-corrected chi connectivity index (χ2v) is 7.24. The second kappa shape index (κ2) is 6.23. The molecule has 2 heterocycles. The third kappa shape index (κ3) is 2.87. The third-order valence-electron chi connectivity index (χ3n) is 3.15. The summed E-state index contributed by atoms with van der Waals surface area (Å²) in [5.41, 5.74) is 7.27. The first-order valence-corrected chi connectivity index (χ1v) is 8.59. The van der Waals surface area contributed by atoms with Gasteiger partial charge in [-0.25, -0.2) is 4.98 Å². The fraction of sp³-hybridized carbons (Fsp3) is 0.286. The van der Waals surface area contributed by atoms with E-state index in [1.54, 1.807) is 18.4 Å². The van der Waals surface area contributed by atoms with Gasteiger partial charge in [-0.2, -0.15) is 0 Å². The van der Waals surface area contributed by atoms with Crippen molar-refractivity contribution in [3.05, 3.63) is 28.2 Å². The lowest BCUT2D eigenvalue weighted by Gasteiger charge is -2.05. The monoisotopic (exact) mass is 337 g/mol. The minimum absolute atomic E-state index is 0.702. The number of hydrogen-bond donors (Lipinski definition) is 1. The van der Waals surface area contributed by atoms with Crippen molar-refractivity contribution in [2.45, 2.75) is 13.0 Å². The summed E-state index contributed by atoms with van der Waals surface area (Å²) in [5, 5.41) is 0.940. The minimum Gasteiger partial charge on any atom is -0.385 e. The first-order chi connectivity index (χ1) is 10.2. The maximum Gasteiger partial charge on any atom is 0.163 e. The standard InChI is InChI=1S/C14H15N3OS3/c1-18-8-4-7-17-12(15)11(21-14(17)19)13-16-9-5-2-3-6-10(9)20-13/h2-3,5-6H,4,7-8,15H2,1H3. The van der Waals surface area contributed by atoms with Gasteiger partial charge in [-0.1, -0.05) is 23.5 Å². The number of para-hydroxylation sites is 1. The number of hydrogen-bond acceptors (Lipinski definition) is 6. The van der Waals surface area contributed by atoms with Gasteiger partial charge >= 0.3 is 0 Å². The number of thiazole rings is 2. The number of nitrogens with two attached hydrogens (primary N) is 1. The molecule has 4 nitrogen and oxygen atoms in total. The van der Waals surface area contributed by atoms with E-state index in [9.17, 15) is 0 Å². The highest BCUT2D eigenvalue weighted by Gasteiger charge is 2.15. The molecule has 2 N–H and O–H groups in total. The maximum atomic E-state index is 6.27. The Morgan fingerprint density at radius 1 is 1.33 bits per heavy atom. The van der Waals surface area contributed by atoms with Crippen LogP contribution in [0.5, 0.6) is 0 Å². The van der Waals surface area contributed by atoms with Crippen LogP contribution in [-0.4, -0.2) is 23.3 Å². The molecule has 110 valence electrons. The summed E-state index contributed by atoms with van der Waals surface area (Å²) in [4.78, 5) is 5.63. The molecule has 0 spiro atoms. The van der Waals surface area contributed by atoms with Crippen LogP contribution in [0.15, 0.2) is 24.3 Å². The molecular formula is C14H15N3OS3. The lowest BCUT2D eigenvalue weighted by atomic mass is 10.3. The van der Waals surface area contributed by atoms with Gasteiger partial charge in [0.05, 0.1) is 10.2 Å². The number of fused-ring (bicyclic) bond motifs is 1. The predicted molar refractivity (Wildman–Crippen MR) is 92.7 cm³/mol. The number of nitrogens with zero attached hydrogens (tertiary/aromatic N) is 2. The summed E-state index contributed by atoms with van der Waals surface area (Å²) in [7, 11) is 1.70. The Hall–Kier alpha value is -1.28. The molecule has 2 aromatic heterocycles. The van der Waals surface area contributed by atoms with E-state index in [-0.39, 0.29) is 0 Å². The number of ether oxygens (including phenoxy) is 1. The number of methoxy groups -OCH3 is 1. The first-order valence-electron chi connectivity index (χ1n) is 6.54. The van der Waals surface area contributed by atoms with Crippen LogP contribution in [0.1, 0.15) is 6.42 Å². The van der Waals surface area contributed by atoms with E-state index in [0.29, 0.717) is 12.4 Å². The molecule has 0 saturated carbocycles. The van der Waals surface area contributed by atoms with E-state index < -0.39 is 0 Å². The van der Waals surface area contributed by atoms with Gasteiger partial charge in [-0.05, 0) is 30.8 Å². The molecule has 21 heavy (non-hydrogen) atoms. The van der Waals surface area contributed by atoms with E-state index in [1.807, 2.05) is 22.8 Å². The van der Waals surface area contributed by atoms with E-state index in [1.165, 1.54) is 11.3 Å². The Morgan fingerprint density at radius 3 is 2.90 bits per heavy atom. The summed E-state index contributed by atoms with van der Waals surface area (Å²) in [6.07, 6.45) is 0.894. The van der Waals surface area contributed by atoms with Gasteiger partial charge in [0, 0.05) is 20.3 Å². The van der Waals surface area contributed by atoms with Crippen molar-refractivity contribution in [3.63, 3.8) is 0 Å². The molecule has 0 aliphatic rings. The predicted octanol–water partition coefficient (Wildman–Crippen LogP) is 4.17. The SMILES string of the molecule is COCCCn1c(N)c(-c2nc3ccccc3s2)sc1=S. The molecule has 3 rings (SSSR count). The molecule has 7 heteroatoms. The maximum absolute atomic E-state index is 6.27. The smallest absolute Gasteiger partial charge is 0.163 e. The Balaban J connectivity index is 1.98. The van der Waals surface area contributed by atoms with Crippen LogP contribution >= 0.6 is 34.9 Å². The molecule has 0 bridgehead atoms. The summed E-state index contributed by atoms with van der Waals surface area (Å²) in [6.45, 7) is 1.48. The zero-order chi connectivity index (χ0) is 14.8. The van der Waals surface area contributed by atoms with Crippen LogP contribution in [0, 0.1) is 3.95 Å². The quantitative estimate of drug-likeness (QED) is 0.561. The molecular weight excluding hydrogens is 322 g/mol. The van der Waals surface area contributed by atoms with Crippen LogP contribution in [0.4, 0.5) is 5.82 Å². The van der Waals surface area contributed by atoms with Crippen LogP contribution in [0.3, 0.4) is 0 Å². The zero-order valence-electron chi connectivity index (χ0n) is 11.5. The van der Waals surface area contributed by atoms with Crippen molar-refractivity contribution in [1.29, 1.82) is 0 Å². The summed E-state index contributed by atoms with van der Waals surface area (Å²) >= 11 is 8.61. The Bertz CT molecular complexity index is 785. The van der Waals surface area contributed by atoms with Gasteiger partial charge < -0.3 is 15.0 Å². The fourth-order valence-corrected chi connectivity index (χ4v) is 4.54. The molecule has 0 atom stereocenters. The number of aromatic nitrogens is 2. The van der Waals surface area contributed by atoms with Crippen LogP contribution in [0.2, 0.25) is 0 Å². The van der Waals surface area contributed by atoms with Crippen LogP contribution in [0.25, 0.3) is 20.1 Å². The van der Waals surface area contributed by atoms with Crippen molar-refractivity contribution in [2.24, 2.45) is 0 Å². The molecule has 0 aliphatic carbocycles. The minimum atomic E-state index is 0.702. The average molecular weight is 337 g/mol. The molecule has 0 unspecified atom stereocenters. The molecule has 3 aromatic rings. The van der Waals surface area contributed by atoms with Crippen molar-refractivity contribution < 1.29 is 4.74 Å². The van der Waals surface area contributed by atoms with E-state index >= 15 is 0 Å². The molecule has 0 amide bonds.